The first-order chi connectivity index (χ1) is 27.6. The molecule has 2 heterocycles. The standard InChI is InChI=1S/C40H56N2O17/c1-38(2,3)58-36(51)41-24(17-22-13-9-7-10-14-22)33(49)53-20-27-29(45)32(48)40(56-27,57-35-31(47)30(46)28(44)26(19-43)55-35)21-54-34(50)25(18-23-15-11-8-12-16-23)42-37(52)59-39(4,5)6/h7-16,24-32,35,43-48H,17-21H2,1-6H3,(H,41,51)(H,42,52)/t24-,25-,26+,27+,28+,29+,30-,31+,32-,35+,40-/m0/s1. The molecule has 2 saturated heterocycles. The van der Waals surface area contributed by atoms with Crippen LogP contribution in [0.15, 0.2) is 60.7 Å². The normalized spacial score (nSPS) is 28.1. The fourth-order valence-electron chi connectivity index (χ4n) is 6.13. The number of aliphatic hydroxyl groups excluding tert-OH is 6. The second kappa shape index (κ2) is 20.2. The Hall–Kier alpha value is -4.44. The summed E-state index contributed by atoms with van der Waals surface area (Å²) in [5, 5.41) is 69.1. The molecular weight excluding hydrogens is 780 g/mol. The maximum atomic E-state index is 13.7. The van der Waals surface area contributed by atoms with Gasteiger partial charge >= 0.3 is 24.1 Å². The van der Waals surface area contributed by atoms with Crippen LogP contribution >= 0.6 is 0 Å². The molecule has 2 fully saturated rings. The second-order valence-corrected chi connectivity index (χ2v) is 16.2. The number of hydrogen-bond donors (Lipinski definition) is 8. The number of hydrogen-bond acceptors (Lipinski definition) is 17. The van der Waals surface area contributed by atoms with Crippen LogP contribution in [0.4, 0.5) is 9.59 Å². The molecule has 4 rings (SSSR count). The smallest absolute Gasteiger partial charge is 0.408 e. The molecule has 2 amide bonds. The third-order valence-corrected chi connectivity index (χ3v) is 8.99. The number of alkyl carbamates (subject to hydrolysis) is 2. The summed E-state index contributed by atoms with van der Waals surface area (Å²) >= 11 is 0. The fourth-order valence-corrected chi connectivity index (χ4v) is 6.13. The van der Waals surface area contributed by atoms with Crippen LogP contribution in [0.1, 0.15) is 52.7 Å². The van der Waals surface area contributed by atoms with E-state index < -0.39 is 122 Å². The molecule has 0 aromatic heterocycles. The van der Waals surface area contributed by atoms with Crippen molar-refractivity contribution in [3.8, 4) is 0 Å². The monoisotopic (exact) mass is 836 g/mol. The highest BCUT2D eigenvalue weighted by molar-refractivity contribution is 5.82. The zero-order chi connectivity index (χ0) is 43.7. The highest BCUT2D eigenvalue weighted by atomic mass is 16.8. The van der Waals surface area contributed by atoms with E-state index in [1.165, 1.54) is 0 Å². The lowest BCUT2D eigenvalue weighted by Gasteiger charge is -2.43. The predicted octanol–water partition coefficient (Wildman–Crippen LogP) is -0.0218. The second-order valence-electron chi connectivity index (χ2n) is 16.2. The fraction of sp³-hybridized carbons (Fsp3) is 0.600. The number of carbonyl (C=O) groups is 4. The van der Waals surface area contributed by atoms with Crippen molar-refractivity contribution in [3.05, 3.63) is 71.8 Å². The van der Waals surface area contributed by atoms with Crippen molar-refractivity contribution in [3.63, 3.8) is 0 Å². The Labute approximate surface area is 341 Å². The maximum absolute atomic E-state index is 13.7. The van der Waals surface area contributed by atoms with E-state index in [0.717, 1.165) is 0 Å². The lowest BCUT2D eigenvalue weighted by Crippen LogP contribution is -2.63. The largest absolute Gasteiger partial charge is 0.461 e. The van der Waals surface area contributed by atoms with E-state index in [1.807, 2.05) is 0 Å². The van der Waals surface area contributed by atoms with E-state index in [9.17, 15) is 49.8 Å². The van der Waals surface area contributed by atoms with Crippen LogP contribution in [0, 0.1) is 0 Å². The number of aliphatic hydroxyl groups is 6. The molecule has 19 heteroatoms. The van der Waals surface area contributed by atoms with E-state index >= 15 is 0 Å². The topological polar surface area (TPSA) is 278 Å². The van der Waals surface area contributed by atoms with Crippen molar-refractivity contribution in [2.45, 2.75) is 132 Å². The SMILES string of the molecule is CC(C)(C)OC(=O)N[C@@H](Cc1ccccc1)C(=O)OC[C@H]1O[C@@](COC(=O)[C@H](Cc2ccccc2)NC(=O)OC(C)(C)C)(O[C@H]2O[C@H](CO)[C@@H](O)[C@H](O)[C@H]2O)[C@@H](O)[C@@H]1O. The quantitative estimate of drug-likeness (QED) is 0.0865. The molecule has 0 unspecified atom stereocenters. The van der Waals surface area contributed by atoms with Crippen molar-refractivity contribution in [1.29, 1.82) is 0 Å². The molecule has 0 spiro atoms. The Bertz CT molecular complexity index is 1680. The van der Waals surface area contributed by atoms with Crippen molar-refractivity contribution in [2.75, 3.05) is 19.8 Å². The van der Waals surface area contributed by atoms with Crippen LogP contribution in [-0.4, -0.2) is 153 Å². The molecule has 19 nitrogen and oxygen atoms in total. The number of carbonyl (C=O) groups excluding carboxylic acids is 4. The molecule has 2 aromatic rings. The predicted molar refractivity (Wildman–Crippen MR) is 203 cm³/mol. The van der Waals surface area contributed by atoms with Gasteiger partial charge in [-0.05, 0) is 52.7 Å². The first-order valence-corrected chi connectivity index (χ1v) is 19.0. The molecule has 8 N–H and O–H groups in total. The molecule has 328 valence electrons. The minimum Gasteiger partial charge on any atom is -0.461 e. The van der Waals surface area contributed by atoms with Crippen LogP contribution in [0.2, 0.25) is 0 Å². The molecule has 0 bridgehead atoms. The highest BCUT2D eigenvalue weighted by Gasteiger charge is 2.60. The molecule has 59 heavy (non-hydrogen) atoms. The zero-order valence-electron chi connectivity index (χ0n) is 33.8. The van der Waals surface area contributed by atoms with Gasteiger partial charge in [-0.3, -0.25) is 0 Å². The van der Waals surface area contributed by atoms with Gasteiger partial charge in [-0.2, -0.15) is 0 Å². The molecular formula is C40H56N2O17. The Morgan fingerprint density at radius 3 is 1.61 bits per heavy atom. The molecule has 2 aliphatic heterocycles. The summed E-state index contributed by atoms with van der Waals surface area (Å²) in [7, 11) is 0. The molecule has 2 aliphatic rings. The summed E-state index contributed by atoms with van der Waals surface area (Å²) in [6.07, 6.45) is -17.0. The van der Waals surface area contributed by atoms with Crippen LogP contribution in [0.25, 0.3) is 0 Å². The van der Waals surface area contributed by atoms with Crippen molar-refractivity contribution >= 4 is 24.1 Å². The van der Waals surface area contributed by atoms with Gasteiger partial charge in [0.15, 0.2) is 6.29 Å². The van der Waals surface area contributed by atoms with E-state index in [2.05, 4.69) is 10.6 Å². The van der Waals surface area contributed by atoms with E-state index in [1.54, 1.807) is 102 Å². The lowest BCUT2D eigenvalue weighted by atomic mass is 9.99. The summed E-state index contributed by atoms with van der Waals surface area (Å²) in [5.41, 5.74) is -0.569. The Morgan fingerprint density at radius 1 is 0.678 bits per heavy atom. The van der Waals surface area contributed by atoms with E-state index in [4.69, 9.17) is 33.2 Å². The molecule has 11 atom stereocenters. The molecule has 0 saturated carbocycles. The van der Waals surface area contributed by atoms with Crippen molar-refractivity contribution in [1.82, 2.24) is 10.6 Å². The van der Waals surface area contributed by atoms with Gasteiger partial charge in [0.25, 0.3) is 0 Å². The van der Waals surface area contributed by atoms with Gasteiger partial charge in [-0.1, -0.05) is 60.7 Å². The first kappa shape index (κ1) is 47.2. The Morgan fingerprint density at radius 2 is 1.15 bits per heavy atom. The van der Waals surface area contributed by atoms with Gasteiger partial charge in [0.05, 0.1) is 6.61 Å². The van der Waals surface area contributed by atoms with Gasteiger partial charge in [0.1, 0.15) is 79.2 Å². The minimum absolute atomic E-state index is 0.0305. The number of amides is 2. The van der Waals surface area contributed by atoms with E-state index in [0.29, 0.717) is 11.1 Å². The van der Waals surface area contributed by atoms with E-state index in [-0.39, 0.29) is 12.8 Å². The summed E-state index contributed by atoms with van der Waals surface area (Å²) < 4.78 is 38.9. The number of nitrogens with one attached hydrogen (secondary N) is 2. The van der Waals surface area contributed by atoms with Crippen LogP contribution < -0.4 is 10.6 Å². The Kier molecular flexibility index (Phi) is 16.2. The van der Waals surface area contributed by atoms with Crippen LogP contribution in [-0.2, 0) is 55.6 Å². The number of ether oxygens (including phenoxy) is 7. The van der Waals surface area contributed by atoms with Gasteiger partial charge in [-0.15, -0.1) is 0 Å². The maximum Gasteiger partial charge on any atom is 0.408 e. The third kappa shape index (κ3) is 13.5. The summed E-state index contributed by atoms with van der Waals surface area (Å²) in [6.45, 7) is 7.08. The lowest BCUT2D eigenvalue weighted by molar-refractivity contribution is -0.383. The van der Waals surface area contributed by atoms with Gasteiger partial charge in [0.2, 0.25) is 5.79 Å². The number of benzene rings is 2. The molecule has 0 aliphatic carbocycles. The third-order valence-electron chi connectivity index (χ3n) is 8.99. The average molecular weight is 837 g/mol. The number of rotatable bonds is 15. The Balaban J connectivity index is 1.59. The average Bonchev–Trinajstić information content (AvgIpc) is 3.39. The summed E-state index contributed by atoms with van der Waals surface area (Å²) in [4.78, 5) is 52.7. The summed E-state index contributed by atoms with van der Waals surface area (Å²) in [5.74, 6) is -4.73. The van der Waals surface area contributed by atoms with Crippen LogP contribution in [0.5, 0.6) is 0 Å². The summed E-state index contributed by atoms with van der Waals surface area (Å²) in [6, 6.07) is 14.5. The molecule has 0 radical (unpaired) electrons. The van der Waals surface area contributed by atoms with Crippen molar-refractivity contribution in [2.24, 2.45) is 0 Å². The first-order valence-electron chi connectivity index (χ1n) is 19.0. The minimum atomic E-state index is -2.65. The zero-order valence-corrected chi connectivity index (χ0v) is 33.8. The number of esters is 2. The van der Waals surface area contributed by atoms with Crippen LogP contribution in [0.3, 0.4) is 0 Å². The van der Waals surface area contributed by atoms with Gasteiger partial charge in [0, 0.05) is 12.8 Å². The van der Waals surface area contributed by atoms with Crippen molar-refractivity contribution < 1.29 is 83.0 Å². The molecule has 2 aromatic carbocycles. The van der Waals surface area contributed by atoms with Gasteiger partial charge < -0.3 is 74.4 Å². The highest BCUT2D eigenvalue weighted by Crippen LogP contribution is 2.37. The van der Waals surface area contributed by atoms with Gasteiger partial charge in [-0.25, -0.2) is 19.2 Å².